The Kier molecular flexibility index (Phi) is 13.2. The fourth-order valence-corrected chi connectivity index (χ4v) is 5.07. The largest absolute Gasteiger partial charge is 0.370 e. The summed E-state index contributed by atoms with van der Waals surface area (Å²) in [6.45, 7) is 0.477. The van der Waals surface area contributed by atoms with Crippen molar-refractivity contribution in [3.8, 4) is 11.8 Å². The summed E-state index contributed by atoms with van der Waals surface area (Å²) >= 11 is 0. The Bertz CT molecular complexity index is 1830. The van der Waals surface area contributed by atoms with E-state index in [0.717, 1.165) is 11.1 Å². The van der Waals surface area contributed by atoms with Gasteiger partial charge >= 0.3 is 5.97 Å². The SMILES string of the molecule is CC(NC(=O)CNC(=O)CNC(=O)CCC(=O)N1Cc2ccccc2C#Cc2ccccc21)C(=O)NC(CCC(N)=O)C(=O)ON1C(=O)CCC1=O. The molecule has 6 N–H and O–H groups in total. The van der Waals surface area contributed by atoms with Gasteiger partial charge in [0.2, 0.25) is 35.4 Å². The Labute approximate surface area is 297 Å². The number of hydrogen-bond donors (Lipinski definition) is 5. The standard InChI is InChI=1S/C35H37N7O10/c1-21(34(50)40-25(12-13-27(36)43)35(51)52-42-32(48)16-17-33(42)49)39-30(46)19-38-29(45)18-37-28(44)14-15-31(47)41-20-24-8-3-2-6-22(24)10-11-23-7-4-5-9-26(23)41/h2-9,21,25H,12-20H2,1H3,(H2,36,43)(H,37,44)(H,38,45)(H,39,46)(H,40,50). The maximum absolute atomic E-state index is 13.3. The molecule has 17 heteroatoms. The highest BCUT2D eigenvalue weighted by atomic mass is 16.7. The van der Waals surface area contributed by atoms with Crippen LogP contribution in [0.3, 0.4) is 0 Å². The van der Waals surface area contributed by atoms with Crippen LogP contribution < -0.4 is 31.9 Å². The molecule has 0 saturated carbocycles. The molecule has 0 bridgehead atoms. The van der Waals surface area contributed by atoms with E-state index in [2.05, 4.69) is 33.1 Å². The molecule has 2 aromatic rings. The van der Waals surface area contributed by atoms with E-state index in [0.29, 0.717) is 11.3 Å². The van der Waals surface area contributed by atoms with Gasteiger partial charge in [-0.1, -0.05) is 42.2 Å². The molecule has 2 aromatic carbocycles. The van der Waals surface area contributed by atoms with Crippen LogP contribution in [0.25, 0.3) is 0 Å². The third-order valence-electron chi connectivity index (χ3n) is 7.87. The van der Waals surface area contributed by atoms with E-state index in [1.165, 1.54) is 6.92 Å². The Morgan fingerprint density at radius 2 is 1.40 bits per heavy atom. The number of nitrogens with one attached hydrogen (secondary N) is 4. The summed E-state index contributed by atoms with van der Waals surface area (Å²) in [6, 6.07) is 12.0. The normalized spacial score (nSPS) is 14.2. The van der Waals surface area contributed by atoms with Crippen molar-refractivity contribution < 1.29 is 48.0 Å². The van der Waals surface area contributed by atoms with E-state index in [4.69, 9.17) is 10.6 Å². The summed E-state index contributed by atoms with van der Waals surface area (Å²) < 4.78 is 0. The minimum absolute atomic E-state index is 0.143. The topological polar surface area (TPSA) is 243 Å². The molecule has 2 atom stereocenters. The van der Waals surface area contributed by atoms with E-state index in [1.807, 2.05) is 36.4 Å². The number of anilines is 1. The summed E-state index contributed by atoms with van der Waals surface area (Å²) in [4.78, 5) is 117. The monoisotopic (exact) mass is 715 g/mol. The van der Waals surface area contributed by atoms with Gasteiger partial charge in [-0.05, 0) is 37.1 Å². The Morgan fingerprint density at radius 3 is 2.12 bits per heavy atom. The first-order valence-corrected chi connectivity index (χ1v) is 16.3. The second kappa shape index (κ2) is 17.9. The Balaban J connectivity index is 1.19. The number of primary amides is 1. The summed E-state index contributed by atoms with van der Waals surface area (Å²) in [5.74, 6) is -0.519. The predicted molar refractivity (Wildman–Crippen MR) is 180 cm³/mol. The number of carbonyl (C=O) groups excluding carboxylic acids is 9. The Morgan fingerprint density at radius 1 is 0.788 bits per heavy atom. The number of carbonyl (C=O) groups is 9. The number of fused-ring (bicyclic) bond motifs is 2. The zero-order chi connectivity index (χ0) is 37.8. The molecule has 272 valence electrons. The second-order valence-electron chi connectivity index (χ2n) is 11.8. The average molecular weight is 716 g/mol. The quantitative estimate of drug-likeness (QED) is 0.109. The summed E-state index contributed by atoms with van der Waals surface area (Å²) in [7, 11) is 0. The third-order valence-corrected chi connectivity index (χ3v) is 7.87. The summed E-state index contributed by atoms with van der Waals surface area (Å²) in [6.07, 6.45) is -1.32. The number of benzene rings is 2. The van der Waals surface area contributed by atoms with Gasteiger partial charge in [0.15, 0.2) is 0 Å². The molecule has 0 aliphatic carbocycles. The molecule has 0 spiro atoms. The fraction of sp³-hybridized carbons (Fsp3) is 0.343. The first-order chi connectivity index (χ1) is 24.8. The number of amides is 8. The van der Waals surface area contributed by atoms with Crippen LogP contribution in [0.5, 0.6) is 0 Å². The van der Waals surface area contributed by atoms with E-state index in [1.54, 1.807) is 17.0 Å². The molecule has 2 unspecified atom stereocenters. The molecule has 0 radical (unpaired) electrons. The van der Waals surface area contributed by atoms with Gasteiger partial charge in [-0.3, -0.25) is 38.4 Å². The Hall–Kier alpha value is -6.57. The zero-order valence-corrected chi connectivity index (χ0v) is 28.2. The molecule has 1 fully saturated rings. The molecule has 0 aromatic heterocycles. The van der Waals surface area contributed by atoms with Crippen molar-refractivity contribution in [3.63, 3.8) is 0 Å². The van der Waals surface area contributed by atoms with Crippen LogP contribution in [0.2, 0.25) is 0 Å². The molecule has 1 saturated heterocycles. The van der Waals surface area contributed by atoms with E-state index in [9.17, 15) is 43.2 Å². The second-order valence-corrected chi connectivity index (χ2v) is 11.8. The molecule has 52 heavy (non-hydrogen) atoms. The van der Waals surface area contributed by atoms with Crippen molar-refractivity contribution in [1.29, 1.82) is 0 Å². The van der Waals surface area contributed by atoms with Gasteiger partial charge in [0.1, 0.15) is 12.1 Å². The van der Waals surface area contributed by atoms with Crippen molar-refractivity contribution in [2.45, 2.75) is 64.1 Å². The number of hydroxylamine groups is 2. The van der Waals surface area contributed by atoms with E-state index in [-0.39, 0.29) is 56.0 Å². The minimum Gasteiger partial charge on any atom is -0.370 e. The third kappa shape index (κ3) is 10.7. The van der Waals surface area contributed by atoms with Crippen LogP contribution in [0, 0.1) is 11.8 Å². The smallest absolute Gasteiger partial charge is 0.355 e. The van der Waals surface area contributed by atoms with Crippen LogP contribution in [0.4, 0.5) is 5.69 Å². The van der Waals surface area contributed by atoms with Gasteiger partial charge in [0.05, 0.1) is 25.3 Å². The van der Waals surface area contributed by atoms with Crippen LogP contribution in [0.1, 0.15) is 62.1 Å². The van der Waals surface area contributed by atoms with Crippen LogP contribution in [-0.2, 0) is 54.5 Å². The number of nitrogens with zero attached hydrogens (tertiary/aromatic N) is 2. The van der Waals surface area contributed by atoms with Gasteiger partial charge < -0.3 is 36.7 Å². The van der Waals surface area contributed by atoms with Gasteiger partial charge in [-0.2, -0.15) is 0 Å². The molecular formula is C35H37N7O10. The molecule has 2 aliphatic rings. The van der Waals surface area contributed by atoms with Crippen molar-refractivity contribution >= 4 is 58.9 Å². The molecule has 4 rings (SSSR count). The highest BCUT2D eigenvalue weighted by Crippen LogP contribution is 2.26. The molecule has 2 heterocycles. The number of imide groups is 1. The lowest BCUT2D eigenvalue weighted by molar-refractivity contribution is -0.199. The van der Waals surface area contributed by atoms with Crippen LogP contribution in [-0.4, -0.2) is 83.5 Å². The first kappa shape index (κ1) is 38.2. The maximum atomic E-state index is 13.3. The number of hydrogen-bond acceptors (Lipinski definition) is 10. The van der Waals surface area contributed by atoms with E-state index < -0.39 is 72.5 Å². The van der Waals surface area contributed by atoms with Gasteiger partial charge in [0.25, 0.3) is 11.8 Å². The lowest BCUT2D eigenvalue weighted by Crippen LogP contribution is -2.53. The fourth-order valence-electron chi connectivity index (χ4n) is 5.07. The lowest BCUT2D eigenvalue weighted by Gasteiger charge is -2.26. The van der Waals surface area contributed by atoms with Gasteiger partial charge in [-0.25, -0.2) is 4.79 Å². The van der Waals surface area contributed by atoms with Crippen molar-refractivity contribution in [2.24, 2.45) is 5.73 Å². The van der Waals surface area contributed by atoms with Crippen molar-refractivity contribution in [1.82, 2.24) is 26.3 Å². The van der Waals surface area contributed by atoms with Crippen molar-refractivity contribution in [3.05, 3.63) is 65.2 Å². The highest BCUT2D eigenvalue weighted by Gasteiger charge is 2.36. The summed E-state index contributed by atoms with van der Waals surface area (Å²) in [5.41, 5.74) is 8.09. The molecule has 2 aliphatic heterocycles. The van der Waals surface area contributed by atoms with Gasteiger partial charge in [-0.15, -0.1) is 5.06 Å². The van der Waals surface area contributed by atoms with E-state index >= 15 is 0 Å². The molecule has 8 amide bonds. The number of nitrogens with two attached hydrogens (primary N) is 1. The highest BCUT2D eigenvalue weighted by molar-refractivity contribution is 6.02. The molecule has 17 nitrogen and oxygen atoms in total. The zero-order valence-electron chi connectivity index (χ0n) is 28.2. The predicted octanol–water partition coefficient (Wildman–Crippen LogP) is -1.19. The minimum atomic E-state index is -1.49. The lowest BCUT2D eigenvalue weighted by atomic mass is 10.0. The number of rotatable bonds is 15. The maximum Gasteiger partial charge on any atom is 0.355 e. The average Bonchev–Trinajstić information content (AvgIpc) is 3.43. The van der Waals surface area contributed by atoms with Crippen LogP contribution >= 0.6 is 0 Å². The van der Waals surface area contributed by atoms with Gasteiger partial charge in [0, 0.05) is 43.2 Å². The summed E-state index contributed by atoms with van der Waals surface area (Å²) in [5, 5.41) is 9.58. The first-order valence-electron chi connectivity index (χ1n) is 16.3. The van der Waals surface area contributed by atoms with Crippen molar-refractivity contribution in [2.75, 3.05) is 18.0 Å². The van der Waals surface area contributed by atoms with Crippen LogP contribution in [0.15, 0.2) is 48.5 Å². The molecular weight excluding hydrogens is 678 g/mol. The number of para-hydroxylation sites is 1.